The predicted octanol–water partition coefficient (Wildman–Crippen LogP) is 3.36. The molecule has 0 aliphatic heterocycles. The second-order valence-corrected chi connectivity index (χ2v) is 3.89. The highest BCUT2D eigenvalue weighted by Gasteiger charge is 1.98. The number of aryl methyl sites for hydroxylation is 2. The first-order valence-corrected chi connectivity index (χ1v) is 5.29. The Hall–Kier alpha value is 0.590. The summed E-state index contributed by atoms with van der Waals surface area (Å²) in [5, 5.41) is 1.09. The van der Waals surface area contributed by atoms with Crippen LogP contribution in [0.25, 0.3) is 0 Å². The molecule has 0 aliphatic rings. The van der Waals surface area contributed by atoms with Gasteiger partial charge in [0.25, 0.3) is 0 Å². The number of rotatable bonds is 3. The van der Waals surface area contributed by atoms with Crippen LogP contribution in [0.4, 0.5) is 0 Å². The van der Waals surface area contributed by atoms with Crippen molar-refractivity contribution in [3.63, 3.8) is 0 Å². The Morgan fingerprint density at radius 1 is 1.64 bits per heavy atom. The topological polar surface area (TPSA) is 12.9 Å². The second-order valence-electron chi connectivity index (χ2n) is 2.15. The maximum atomic E-state index is 4.17. The van der Waals surface area contributed by atoms with E-state index in [9.17, 15) is 0 Å². The standard InChI is InChI=1S/C7H10BrNS.BrH/c1-6-7(3-2-4-8)10-5-9-6;/h5H,2-4H2,1H3;1H. The summed E-state index contributed by atoms with van der Waals surface area (Å²) in [5.74, 6) is 0. The molecule has 0 saturated carbocycles. The Morgan fingerprint density at radius 2 is 2.36 bits per heavy atom. The number of halogens is 2. The Bertz CT molecular complexity index is 200. The van der Waals surface area contributed by atoms with Crippen LogP contribution in [-0.2, 0) is 6.42 Å². The summed E-state index contributed by atoms with van der Waals surface area (Å²) in [4.78, 5) is 5.60. The molecular weight excluding hydrogens is 290 g/mol. The van der Waals surface area contributed by atoms with Gasteiger partial charge < -0.3 is 0 Å². The molecule has 0 fully saturated rings. The third-order valence-electron chi connectivity index (χ3n) is 1.38. The van der Waals surface area contributed by atoms with Gasteiger partial charge in [-0.25, -0.2) is 4.98 Å². The molecule has 1 aromatic rings. The van der Waals surface area contributed by atoms with Gasteiger partial charge in [-0.3, -0.25) is 0 Å². The molecule has 1 aromatic heterocycles. The van der Waals surface area contributed by atoms with Crippen molar-refractivity contribution in [2.45, 2.75) is 19.8 Å². The first-order chi connectivity index (χ1) is 4.84. The van der Waals surface area contributed by atoms with Gasteiger partial charge in [0, 0.05) is 10.2 Å². The average Bonchev–Trinajstić information content (AvgIpc) is 2.31. The normalized spacial score (nSPS) is 9.27. The zero-order valence-electron chi connectivity index (χ0n) is 6.34. The van der Waals surface area contributed by atoms with Gasteiger partial charge in [0.2, 0.25) is 0 Å². The van der Waals surface area contributed by atoms with E-state index in [1.807, 2.05) is 5.51 Å². The van der Waals surface area contributed by atoms with E-state index in [1.54, 1.807) is 11.3 Å². The van der Waals surface area contributed by atoms with E-state index >= 15 is 0 Å². The molecule has 0 saturated heterocycles. The molecule has 0 atom stereocenters. The van der Waals surface area contributed by atoms with Crippen LogP contribution in [0.2, 0.25) is 0 Å². The fourth-order valence-corrected chi connectivity index (χ4v) is 1.90. The van der Waals surface area contributed by atoms with Crippen LogP contribution in [0.3, 0.4) is 0 Å². The molecule has 0 aromatic carbocycles. The van der Waals surface area contributed by atoms with Crippen molar-refractivity contribution in [3.8, 4) is 0 Å². The van der Waals surface area contributed by atoms with E-state index < -0.39 is 0 Å². The minimum Gasteiger partial charge on any atom is -0.250 e. The summed E-state index contributed by atoms with van der Waals surface area (Å²) in [6.07, 6.45) is 2.38. The van der Waals surface area contributed by atoms with Gasteiger partial charge in [0.15, 0.2) is 0 Å². The number of hydrogen-bond acceptors (Lipinski definition) is 2. The molecule has 0 aliphatic carbocycles. The highest BCUT2D eigenvalue weighted by Crippen LogP contribution is 2.14. The molecule has 1 heterocycles. The van der Waals surface area contributed by atoms with Gasteiger partial charge in [0.1, 0.15) is 0 Å². The summed E-state index contributed by atoms with van der Waals surface area (Å²) in [6.45, 7) is 2.07. The van der Waals surface area contributed by atoms with E-state index in [1.165, 1.54) is 23.4 Å². The molecular formula is C7H11Br2NS. The van der Waals surface area contributed by atoms with Gasteiger partial charge in [-0.15, -0.1) is 28.3 Å². The fourth-order valence-electron chi connectivity index (χ4n) is 0.794. The Balaban J connectivity index is 0.000001000. The highest BCUT2D eigenvalue weighted by molar-refractivity contribution is 9.09. The van der Waals surface area contributed by atoms with Crippen LogP contribution in [-0.4, -0.2) is 10.3 Å². The van der Waals surface area contributed by atoms with Crippen LogP contribution in [0.1, 0.15) is 17.0 Å². The van der Waals surface area contributed by atoms with E-state index in [-0.39, 0.29) is 17.0 Å². The SMILES string of the molecule is Br.Cc1ncsc1CCCBr. The number of aromatic nitrogens is 1. The van der Waals surface area contributed by atoms with Crippen LogP contribution in [0.15, 0.2) is 5.51 Å². The van der Waals surface area contributed by atoms with E-state index in [0.717, 1.165) is 5.33 Å². The predicted molar refractivity (Wildman–Crippen MR) is 59.3 cm³/mol. The van der Waals surface area contributed by atoms with Crippen molar-refractivity contribution in [2.75, 3.05) is 5.33 Å². The minimum atomic E-state index is 0. The third-order valence-corrected chi connectivity index (χ3v) is 2.94. The summed E-state index contributed by atoms with van der Waals surface area (Å²) in [6, 6.07) is 0. The molecule has 11 heavy (non-hydrogen) atoms. The summed E-state index contributed by atoms with van der Waals surface area (Å²) < 4.78 is 0. The maximum Gasteiger partial charge on any atom is 0.0797 e. The van der Waals surface area contributed by atoms with Gasteiger partial charge in [-0.05, 0) is 19.8 Å². The number of hydrogen-bond donors (Lipinski definition) is 0. The van der Waals surface area contributed by atoms with Gasteiger partial charge >= 0.3 is 0 Å². The lowest BCUT2D eigenvalue weighted by atomic mass is 10.2. The van der Waals surface area contributed by atoms with Crippen LogP contribution >= 0.6 is 44.2 Å². The van der Waals surface area contributed by atoms with Crippen LogP contribution in [0.5, 0.6) is 0 Å². The molecule has 0 spiro atoms. The van der Waals surface area contributed by atoms with E-state index in [4.69, 9.17) is 0 Å². The van der Waals surface area contributed by atoms with Crippen molar-refractivity contribution >= 4 is 44.2 Å². The molecule has 0 radical (unpaired) electrons. The zero-order valence-corrected chi connectivity index (χ0v) is 10.5. The highest BCUT2D eigenvalue weighted by atomic mass is 79.9. The van der Waals surface area contributed by atoms with Crippen molar-refractivity contribution < 1.29 is 0 Å². The second kappa shape index (κ2) is 6.14. The van der Waals surface area contributed by atoms with Crippen molar-refractivity contribution in [2.24, 2.45) is 0 Å². The van der Waals surface area contributed by atoms with E-state index in [0.29, 0.717) is 0 Å². The number of alkyl halides is 1. The lowest BCUT2D eigenvalue weighted by molar-refractivity contribution is 0.942. The molecule has 0 bridgehead atoms. The van der Waals surface area contributed by atoms with Gasteiger partial charge in [-0.1, -0.05) is 15.9 Å². The van der Waals surface area contributed by atoms with Crippen molar-refractivity contribution in [1.29, 1.82) is 0 Å². The van der Waals surface area contributed by atoms with Crippen LogP contribution in [0, 0.1) is 6.92 Å². The Labute approximate surface area is 90.1 Å². The van der Waals surface area contributed by atoms with Crippen molar-refractivity contribution in [1.82, 2.24) is 4.98 Å². The first kappa shape index (κ1) is 11.6. The molecule has 1 nitrogen and oxygen atoms in total. The zero-order chi connectivity index (χ0) is 7.40. The lowest BCUT2D eigenvalue weighted by Gasteiger charge is -1.93. The first-order valence-electron chi connectivity index (χ1n) is 3.29. The summed E-state index contributed by atoms with van der Waals surface area (Å²) in [7, 11) is 0. The van der Waals surface area contributed by atoms with Gasteiger partial charge in [-0.2, -0.15) is 0 Å². The molecule has 0 N–H and O–H groups in total. The van der Waals surface area contributed by atoms with Crippen LogP contribution < -0.4 is 0 Å². The van der Waals surface area contributed by atoms with Gasteiger partial charge in [0.05, 0.1) is 11.2 Å². The lowest BCUT2D eigenvalue weighted by Crippen LogP contribution is -1.84. The monoisotopic (exact) mass is 299 g/mol. The van der Waals surface area contributed by atoms with Crippen molar-refractivity contribution in [3.05, 3.63) is 16.1 Å². The third kappa shape index (κ3) is 3.67. The smallest absolute Gasteiger partial charge is 0.0797 e. The molecule has 0 unspecified atom stereocenters. The minimum absolute atomic E-state index is 0. The summed E-state index contributed by atoms with van der Waals surface area (Å²) >= 11 is 5.16. The Morgan fingerprint density at radius 3 is 2.82 bits per heavy atom. The number of nitrogens with zero attached hydrogens (tertiary/aromatic N) is 1. The average molecular weight is 301 g/mol. The largest absolute Gasteiger partial charge is 0.250 e. The molecule has 0 amide bonds. The number of thiazole rings is 1. The fraction of sp³-hybridized carbons (Fsp3) is 0.571. The molecule has 4 heteroatoms. The summed E-state index contributed by atoms with van der Waals surface area (Å²) in [5.41, 5.74) is 3.12. The maximum absolute atomic E-state index is 4.17. The molecule has 1 rings (SSSR count). The van der Waals surface area contributed by atoms with E-state index in [2.05, 4.69) is 27.8 Å². The quantitative estimate of drug-likeness (QED) is 0.780. The molecule has 64 valence electrons. The Kier molecular flexibility index (Phi) is 6.47.